The third-order valence-electron chi connectivity index (χ3n) is 0.383. The van der Waals surface area contributed by atoms with E-state index < -0.39 is 0 Å². The Labute approximate surface area is 58.6 Å². The molecule has 0 aliphatic heterocycles. The van der Waals surface area contributed by atoms with Crippen LogP contribution in [0.3, 0.4) is 0 Å². The van der Waals surface area contributed by atoms with E-state index in [1.54, 1.807) is 14.1 Å². The molecule has 4 heteroatoms. The molecule has 0 fully saturated rings. The predicted octanol–water partition coefficient (Wildman–Crippen LogP) is 0.595. The summed E-state index contributed by atoms with van der Waals surface area (Å²) in [5.41, 5.74) is 0. The van der Waals surface area contributed by atoms with Crippen LogP contribution in [0.1, 0.15) is 0 Å². The first-order chi connectivity index (χ1) is 2.64. The van der Waals surface area contributed by atoms with E-state index in [0.717, 1.165) is 0 Å². The second-order valence-electron chi connectivity index (χ2n) is 1.18. The van der Waals surface area contributed by atoms with Gasteiger partial charge in [-0.05, 0) is 0 Å². The number of thiol groups is 1. The first-order valence-electron chi connectivity index (χ1n) is 1.55. The molecule has 7 heavy (non-hydrogen) atoms. The normalized spacial score (nSPS) is 6.71. The van der Waals surface area contributed by atoms with Gasteiger partial charge in [0.15, 0.2) is 0 Å². The van der Waals surface area contributed by atoms with Crippen LogP contribution in [-0.2, 0) is 16.5 Å². The van der Waals surface area contributed by atoms with E-state index in [1.165, 1.54) is 4.90 Å². The van der Waals surface area contributed by atoms with Crippen molar-refractivity contribution in [2.75, 3.05) is 14.1 Å². The van der Waals surface area contributed by atoms with Gasteiger partial charge in [-0.2, -0.15) is 0 Å². The zero-order valence-electron chi connectivity index (χ0n) is 4.12. The van der Waals surface area contributed by atoms with Crippen LogP contribution in [0, 0.1) is 0 Å². The molecule has 1 amide bonds. The monoisotopic (exact) mass is 163 g/mol. The van der Waals surface area contributed by atoms with Gasteiger partial charge in [0.05, 0.1) is 0 Å². The number of rotatable bonds is 0. The number of hydrogen-bond acceptors (Lipinski definition) is 1. The minimum atomic E-state index is -0.213. The fraction of sp³-hybridized carbons (Fsp3) is 0.667. The molecule has 0 aliphatic rings. The fourth-order valence-electron chi connectivity index (χ4n) is 0. The van der Waals surface area contributed by atoms with Gasteiger partial charge in [-0.15, -0.1) is 0 Å². The van der Waals surface area contributed by atoms with Crippen molar-refractivity contribution in [3.8, 4) is 0 Å². The third kappa shape index (κ3) is 6.31. The van der Waals surface area contributed by atoms with Crippen LogP contribution in [0.5, 0.6) is 0 Å². The molecule has 0 saturated carbocycles. The van der Waals surface area contributed by atoms with Crippen molar-refractivity contribution in [2.24, 2.45) is 0 Å². The summed E-state index contributed by atoms with van der Waals surface area (Å²) in [4.78, 5) is 11.3. The summed E-state index contributed by atoms with van der Waals surface area (Å²) in [6.45, 7) is 0. The molecule has 0 aliphatic carbocycles. The first kappa shape index (κ1) is 10.3. The van der Waals surface area contributed by atoms with Gasteiger partial charge >= 0.3 is 0 Å². The van der Waals surface area contributed by atoms with Gasteiger partial charge in [-0.25, -0.2) is 0 Å². The molecule has 0 radical (unpaired) electrons. The Morgan fingerprint density at radius 2 is 1.71 bits per heavy atom. The topological polar surface area (TPSA) is 20.3 Å². The summed E-state index contributed by atoms with van der Waals surface area (Å²) >= 11 is 3.48. The summed E-state index contributed by atoms with van der Waals surface area (Å²) in [5.74, 6) is 0. The van der Waals surface area contributed by atoms with Crippen molar-refractivity contribution < 1.29 is 21.3 Å². The smallest absolute Gasteiger partial charge is 0.278 e. The van der Waals surface area contributed by atoms with Gasteiger partial charge < -0.3 is 4.90 Å². The molecule has 46 valence electrons. The maximum Gasteiger partial charge on any atom is 0.278 e. The Kier molecular flexibility index (Phi) is 6.60. The van der Waals surface area contributed by atoms with Crippen molar-refractivity contribution in [1.82, 2.24) is 4.90 Å². The molecular weight excluding hydrogens is 157 g/mol. The fourth-order valence-corrected chi connectivity index (χ4v) is 0. The van der Waals surface area contributed by atoms with Crippen molar-refractivity contribution in [3.05, 3.63) is 0 Å². The molecule has 0 N–H and O–H groups in total. The maximum absolute atomic E-state index is 9.93. The number of carbonyl (C=O) groups is 1. The Bertz CT molecular complexity index is 66.0. The Morgan fingerprint density at radius 1 is 1.57 bits per heavy atom. The molecule has 0 aromatic heterocycles. The van der Waals surface area contributed by atoms with Crippen LogP contribution < -0.4 is 0 Å². The number of carbonyl (C=O) groups excluding carboxylic acids is 1. The Balaban J connectivity index is 0. The van der Waals surface area contributed by atoms with Gasteiger partial charge in [-0.1, -0.05) is 12.6 Å². The molecule has 0 saturated heterocycles. The average Bonchev–Trinajstić information content (AvgIpc) is 1.36. The quantitative estimate of drug-likeness (QED) is 0.410. The average molecular weight is 164 g/mol. The molecule has 0 aromatic carbocycles. The summed E-state index contributed by atoms with van der Waals surface area (Å²) in [6.07, 6.45) is 0. The second-order valence-corrected chi connectivity index (χ2v) is 1.56. The van der Waals surface area contributed by atoms with Crippen molar-refractivity contribution >= 4 is 17.9 Å². The van der Waals surface area contributed by atoms with Crippen LogP contribution in [-0.4, -0.2) is 24.2 Å². The molecule has 0 bridgehead atoms. The summed E-state index contributed by atoms with van der Waals surface area (Å²) in [6, 6.07) is 0. The number of hydrogen-bond donors (Lipinski definition) is 1. The van der Waals surface area contributed by atoms with Gasteiger partial charge in [-0.3, -0.25) is 4.79 Å². The summed E-state index contributed by atoms with van der Waals surface area (Å²) in [7, 11) is 3.30. The van der Waals surface area contributed by atoms with E-state index >= 15 is 0 Å². The van der Waals surface area contributed by atoms with E-state index in [4.69, 9.17) is 0 Å². The zero-order chi connectivity index (χ0) is 5.15. The summed E-state index contributed by atoms with van der Waals surface area (Å²) < 4.78 is 0. The molecule has 0 rings (SSSR count). The Morgan fingerprint density at radius 3 is 1.71 bits per heavy atom. The molecule has 0 spiro atoms. The molecule has 0 aromatic rings. The number of amides is 1. The van der Waals surface area contributed by atoms with Gasteiger partial charge in [0.2, 0.25) is 0 Å². The van der Waals surface area contributed by atoms with Gasteiger partial charge in [0.25, 0.3) is 5.24 Å². The van der Waals surface area contributed by atoms with Crippen LogP contribution in [0.25, 0.3) is 0 Å². The molecule has 0 atom stereocenters. The third-order valence-corrected chi connectivity index (χ3v) is 0.783. The van der Waals surface area contributed by atoms with Gasteiger partial charge in [0, 0.05) is 30.6 Å². The Hall–Kier alpha value is 0.314. The number of nitrogens with zero attached hydrogens (tertiary/aromatic N) is 1. The maximum atomic E-state index is 9.93. The van der Waals surface area contributed by atoms with Crippen LogP contribution >= 0.6 is 12.6 Å². The van der Waals surface area contributed by atoms with Gasteiger partial charge in [0.1, 0.15) is 0 Å². The van der Waals surface area contributed by atoms with E-state index in [2.05, 4.69) is 12.6 Å². The van der Waals surface area contributed by atoms with E-state index in [9.17, 15) is 4.79 Å². The van der Waals surface area contributed by atoms with E-state index in [1.807, 2.05) is 0 Å². The molecule has 2 nitrogen and oxygen atoms in total. The summed E-state index contributed by atoms with van der Waals surface area (Å²) in [5, 5.41) is -0.213. The van der Waals surface area contributed by atoms with Crippen molar-refractivity contribution in [3.63, 3.8) is 0 Å². The van der Waals surface area contributed by atoms with Crippen molar-refractivity contribution in [1.29, 1.82) is 0 Å². The largest absolute Gasteiger partial charge is 0.340 e. The van der Waals surface area contributed by atoms with E-state index in [0.29, 0.717) is 0 Å². The van der Waals surface area contributed by atoms with Crippen LogP contribution in [0.4, 0.5) is 4.79 Å². The minimum absolute atomic E-state index is 0. The molecular formula is C3H7NNiOS. The second kappa shape index (κ2) is 4.47. The zero-order valence-corrected chi connectivity index (χ0v) is 6.00. The molecule has 0 unspecified atom stereocenters. The SMILES string of the molecule is CN(C)C(=O)S.[Ni]. The minimum Gasteiger partial charge on any atom is -0.340 e. The van der Waals surface area contributed by atoms with Crippen molar-refractivity contribution in [2.45, 2.75) is 0 Å². The van der Waals surface area contributed by atoms with Crippen LogP contribution in [0.2, 0.25) is 0 Å². The van der Waals surface area contributed by atoms with Crippen LogP contribution in [0.15, 0.2) is 0 Å². The predicted molar refractivity (Wildman–Crippen MR) is 28.1 cm³/mol. The first-order valence-corrected chi connectivity index (χ1v) is 1.99. The standard InChI is InChI=1S/C3H7NOS.Ni/c1-4(2)3(5)6;/h1-2H3,(H,5,6);. The van der Waals surface area contributed by atoms with E-state index in [-0.39, 0.29) is 21.7 Å². The molecule has 0 heterocycles.